The van der Waals surface area contributed by atoms with Gasteiger partial charge in [-0.05, 0) is 25.1 Å². The Bertz CT molecular complexity index is 802. The topological polar surface area (TPSA) is 58.6 Å². The van der Waals surface area contributed by atoms with Crippen LogP contribution < -0.4 is 15.0 Å². The van der Waals surface area contributed by atoms with Gasteiger partial charge in [-0.15, -0.1) is 0 Å². The third kappa shape index (κ3) is 1.48. The summed E-state index contributed by atoms with van der Waals surface area (Å²) in [5.41, 5.74) is 0.422. The third-order valence-corrected chi connectivity index (χ3v) is 4.12. The number of hydrogen-bond donors (Lipinski definition) is 1. The first-order chi connectivity index (χ1) is 10.7. The molecule has 2 aromatic rings. The lowest BCUT2D eigenvalue weighted by atomic mass is 10.0. The fourth-order valence-electron chi connectivity index (χ4n) is 3.12. The van der Waals surface area contributed by atoms with Gasteiger partial charge in [-0.1, -0.05) is 30.3 Å². The van der Waals surface area contributed by atoms with Crippen molar-refractivity contribution in [2.45, 2.75) is 12.6 Å². The molecule has 1 atom stereocenters. The van der Waals surface area contributed by atoms with E-state index in [0.29, 0.717) is 23.4 Å². The third-order valence-electron chi connectivity index (χ3n) is 4.12. The second-order valence-corrected chi connectivity index (χ2v) is 5.30. The molecule has 4 rings (SSSR count). The van der Waals surface area contributed by atoms with Crippen LogP contribution in [0.5, 0.6) is 5.75 Å². The lowest BCUT2D eigenvalue weighted by molar-refractivity contribution is -0.136. The number of para-hydroxylation sites is 2. The molecule has 2 heterocycles. The van der Waals surface area contributed by atoms with Gasteiger partial charge < -0.3 is 15.0 Å². The Balaban J connectivity index is 1.93. The second kappa shape index (κ2) is 4.34. The van der Waals surface area contributed by atoms with Crippen LogP contribution in [0.4, 0.5) is 5.69 Å². The average Bonchev–Trinajstić information content (AvgIpc) is 2.76. The maximum absolute atomic E-state index is 12.9. The van der Waals surface area contributed by atoms with E-state index in [1.54, 1.807) is 29.2 Å². The molecular weight excluding hydrogens is 280 g/mol. The lowest BCUT2D eigenvalue weighted by Crippen LogP contribution is -2.59. The van der Waals surface area contributed by atoms with Crippen LogP contribution in [0.15, 0.2) is 48.5 Å². The molecule has 22 heavy (non-hydrogen) atoms. The molecule has 0 aromatic heterocycles. The largest absolute Gasteiger partial charge is 0.453 e. The number of ether oxygens (including phenoxy) is 1. The summed E-state index contributed by atoms with van der Waals surface area (Å²) >= 11 is 0. The minimum atomic E-state index is -1.46. The summed E-state index contributed by atoms with van der Waals surface area (Å²) in [6.07, 6.45) is 0. The summed E-state index contributed by atoms with van der Waals surface area (Å²) in [6, 6.07) is 14.3. The number of hydrogen-bond acceptors (Lipinski definition) is 3. The first-order valence-corrected chi connectivity index (χ1v) is 7.19. The van der Waals surface area contributed by atoms with Crippen LogP contribution in [-0.4, -0.2) is 18.4 Å². The number of amides is 2. The van der Waals surface area contributed by atoms with E-state index < -0.39 is 5.72 Å². The van der Waals surface area contributed by atoms with Gasteiger partial charge in [-0.25, -0.2) is 0 Å². The zero-order valence-electron chi connectivity index (χ0n) is 12.0. The van der Waals surface area contributed by atoms with Crippen molar-refractivity contribution in [1.82, 2.24) is 5.32 Å². The van der Waals surface area contributed by atoms with Crippen molar-refractivity contribution in [1.29, 1.82) is 0 Å². The first kappa shape index (κ1) is 12.9. The Kier molecular flexibility index (Phi) is 2.54. The van der Waals surface area contributed by atoms with Crippen LogP contribution in [0.3, 0.4) is 0 Å². The zero-order valence-corrected chi connectivity index (χ0v) is 12.0. The smallest absolute Gasteiger partial charge is 0.298 e. The van der Waals surface area contributed by atoms with E-state index in [4.69, 9.17) is 4.74 Å². The Labute approximate surface area is 127 Å². The van der Waals surface area contributed by atoms with Gasteiger partial charge in [0.15, 0.2) is 0 Å². The molecule has 2 aliphatic rings. The molecule has 0 bridgehead atoms. The number of rotatable bonds is 1. The van der Waals surface area contributed by atoms with Crippen LogP contribution in [0.1, 0.15) is 22.8 Å². The number of nitrogens with zero attached hydrogens (tertiary/aromatic N) is 1. The molecule has 1 N–H and O–H groups in total. The zero-order chi connectivity index (χ0) is 15.3. The SMILES string of the molecule is CCN1C(=O)[C@@]2(NC(=O)c3ccccc3O2)c2ccccc21. The molecule has 2 aliphatic heterocycles. The average molecular weight is 294 g/mol. The fraction of sp³-hybridized carbons (Fsp3) is 0.176. The van der Waals surface area contributed by atoms with Crippen LogP contribution in [-0.2, 0) is 10.5 Å². The molecule has 5 nitrogen and oxygen atoms in total. The highest BCUT2D eigenvalue weighted by Gasteiger charge is 2.56. The molecule has 1 spiro atoms. The van der Waals surface area contributed by atoms with E-state index >= 15 is 0 Å². The quantitative estimate of drug-likeness (QED) is 0.875. The van der Waals surface area contributed by atoms with Gasteiger partial charge in [-0.2, -0.15) is 0 Å². The Morgan fingerprint density at radius 2 is 1.82 bits per heavy atom. The number of anilines is 1. The monoisotopic (exact) mass is 294 g/mol. The van der Waals surface area contributed by atoms with Crippen LogP contribution in [0.2, 0.25) is 0 Å². The molecule has 0 fully saturated rings. The Morgan fingerprint density at radius 1 is 1.09 bits per heavy atom. The van der Waals surface area contributed by atoms with Gasteiger partial charge >= 0.3 is 0 Å². The molecule has 0 radical (unpaired) electrons. The van der Waals surface area contributed by atoms with Crippen molar-refractivity contribution in [2.75, 3.05) is 11.4 Å². The highest BCUT2D eigenvalue weighted by atomic mass is 16.5. The Morgan fingerprint density at radius 3 is 2.64 bits per heavy atom. The number of carbonyl (C=O) groups excluding carboxylic acids is 2. The highest BCUT2D eigenvalue weighted by molar-refractivity contribution is 6.11. The summed E-state index contributed by atoms with van der Waals surface area (Å²) in [4.78, 5) is 27.0. The van der Waals surface area contributed by atoms with Crippen molar-refractivity contribution < 1.29 is 14.3 Å². The number of carbonyl (C=O) groups is 2. The Hall–Kier alpha value is -2.82. The van der Waals surface area contributed by atoms with E-state index in [0.717, 1.165) is 5.69 Å². The summed E-state index contributed by atoms with van der Waals surface area (Å²) in [6.45, 7) is 2.41. The fourth-order valence-corrected chi connectivity index (χ4v) is 3.12. The number of nitrogens with one attached hydrogen (secondary N) is 1. The molecule has 0 aliphatic carbocycles. The van der Waals surface area contributed by atoms with E-state index in [9.17, 15) is 9.59 Å². The molecule has 2 aromatic carbocycles. The van der Waals surface area contributed by atoms with Gasteiger partial charge in [0, 0.05) is 6.54 Å². The van der Waals surface area contributed by atoms with Crippen molar-refractivity contribution in [3.63, 3.8) is 0 Å². The van der Waals surface area contributed by atoms with Crippen LogP contribution in [0.25, 0.3) is 0 Å². The maximum atomic E-state index is 12.9. The standard InChI is InChI=1S/C17H14N2O3/c1-2-19-13-9-5-4-8-12(13)17(16(19)21)18-15(20)11-7-3-6-10-14(11)22-17/h3-10H,2H2,1H3,(H,18,20)/t17-/m1/s1. The predicted molar refractivity (Wildman–Crippen MR) is 80.7 cm³/mol. The lowest BCUT2D eigenvalue weighted by Gasteiger charge is -2.34. The van der Waals surface area contributed by atoms with Crippen LogP contribution in [0, 0.1) is 0 Å². The number of benzene rings is 2. The summed E-state index contributed by atoms with van der Waals surface area (Å²) in [7, 11) is 0. The minimum Gasteiger partial charge on any atom is -0.453 e. The molecule has 5 heteroatoms. The van der Waals surface area contributed by atoms with Gasteiger partial charge in [0.25, 0.3) is 17.5 Å². The molecule has 0 saturated carbocycles. The normalized spacial score (nSPS) is 22.1. The van der Waals surface area contributed by atoms with Crippen molar-refractivity contribution in [3.8, 4) is 5.75 Å². The maximum Gasteiger partial charge on any atom is 0.298 e. The minimum absolute atomic E-state index is 0.265. The van der Waals surface area contributed by atoms with Gasteiger partial charge in [0.05, 0.1) is 16.8 Å². The van der Waals surface area contributed by atoms with Crippen molar-refractivity contribution in [3.05, 3.63) is 59.7 Å². The molecule has 2 amide bonds. The first-order valence-electron chi connectivity index (χ1n) is 7.19. The van der Waals surface area contributed by atoms with Gasteiger partial charge in [-0.3, -0.25) is 9.59 Å². The van der Waals surface area contributed by atoms with E-state index in [1.807, 2.05) is 31.2 Å². The van der Waals surface area contributed by atoms with E-state index in [2.05, 4.69) is 5.32 Å². The number of likely N-dealkylation sites (N-methyl/N-ethyl adjacent to an activating group) is 1. The summed E-state index contributed by atoms with van der Waals surface area (Å²) in [5, 5.41) is 2.77. The van der Waals surface area contributed by atoms with E-state index in [1.165, 1.54) is 0 Å². The highest BCUT2D eigenvalue weighted by Crippen LogP contribution is 2.44. The summed E-state index contributed by atoms with van der Waals surface area (Å²) < 4.78 is 6.00. The van der Waals surface area contributed by atoms with Crippen molar-refractivity contribution in [2.24, 2.45) is 0 Å². The van der Waals surface area contributed by atoms with Gasteiger partial charge in [0.2, 0.25) is 0 Å². The molecule has 0 saturated heterocycles. The van der Waals surface area contributed by atoms with E-state index in [-0.39, 0.29) is 11.8 Å². The molecular formula is C17H14N2O3. The number of fused-ring (bicyclic) bond motifs is 3. The van der Waals surface area contributed by atoms with Crippen LogP contribution >= 0.6 is 0 Å². The van der Waals surface area contributed by atoms with Crippen molar-refractivity contribution >= 4 is 17.5 Å². The second-order valence-electron chi connectivity index (χ2n) is 5.30. The van der Waals surface area contributed by atoms with Gasteiger partial charge in [0.1, 0.15) is 5.75 Å². The summed E-state index contributed by atoms with van der Waals surface area (Å²) in [5.74, 6) is -0.144. The molecule has 110 valence electrons. The predicted octanol–water partition coefficient (Wildman–Crippen LogP) is 2.03. The molecule has 0 unspecified atom stereocenters.